The van der Waals surface area contributed by atoms with E-state index in [9.17, 15) is 4.79 Å². The molecule has 2 aliphatic rings. The summed E-state index contributed by atoms with van der Waals surface area (Å²) in [6, 6.07) is 22.2. The Morgan fingerprint density at radius 2 is 1.69 bits per heavy atom. The molecule has 0 aliphatic carbocycles. The van der Waals surface area contributed by atoms with Gasteiger partial charge >= 0.3 is 0 Å². The molecule has 0 fully saturated rings. The summed E-state index contributed by atoms with van der Waals surface area (Å²) in [4.78, 5) is 22.2. The predicted molar refractivity (Wildman–Crippen MR) is 106 cm³/mol. The van der Waals surface area contributed by atoms with E-state index in [1.54, 1.807) is 0 Å². The summed E-state index contributed by atoms with van der Waals surface area (Å²) in [5.41, 5.74) is 2.99. The molecular weight excluding hydrogens is 322 g/mol. The number of hydrogen-bond donors (Lipinski definition) is 0. The van der Waals surface area contributed by atoms with E-state index in [1.807, 2.05) is 54.6 Å². The minimum absolute atomic E-state index is 0.117. The Morgan fingerprint density at radius 3 is 2.62 bits per heavy atom. The Morgan fingerprint density at radius 1 is 0.923 bits per heavy atom. The van der Waals surface area contributed by atoms with Crippen molar-refractivity contribution in [1.82, 2.24) is 0 Å². The zero-order valence-electron chi connectivity index (χ0n) is 14.4. The average Bonchev–Trinajstić information content (AvgIpc) is 3.02. The molecule has 0 N–H and O–H groups in total. The summed E-state index contributed by atoms with van der Waals surface area (Å²) in [7, 11) is 0. The largest absolute Gasteiger partial charge is 0.310 e. The first-order valence-electron chi connectivity index (χ1n) is 9.02. The number of guanidine groups is 1. The highest BCUT2D eigenvalue weighted by atomic mass is 16.1. The molecule has 26 heavy (non-hydrogen) atoms. The number of fused-ring (bicyclic) bond motifs is 4. The van der Waals surface area contributed by atoms with Gasteiger partial charge in [0.05, 0.1) is 17.9 Å². The topological polar surface area (TPSA) is 35.9 Å². The lowest BCUT2D eigenvalue weighted by Crippen LogP contribution is -2.43. The number of aliphatic imine (C=N–C) groups is 1. The monoisotopic (exact) mass is 341 g/mol. The zero-order chi connectivity index (χ0) is 17.5. The highest BCUT2D eigenvalue weighted by Crippen LogP contribution is 2.38. The molecule has 0 unspecified atom stereocenters. The second kappa shape index (κ2) is 5.99. The molecule has 0 saturated carbocycles. The Balaban J connectivity index is 1.54. The number of nitrogens with zero attached hydrogens (tertiary/aromatic N) is 3. The molecule has 0 bridgehead atoms. The van der Waals surface area contributed by atoms with Crippen LogP contribution >= 0.6 is 0 Å². The second-order valence-corrected chi connectivity index (χ2v) is 6.71. The van der Waals surface area contributed by atoms with Gasteiger partial charge in [0, 0.05) is 18.7 Å². The Hall–Kier alpha value is -3.14. The molecule has 4 heteroatoms. The molecule has 128 valence electrons. The number of rotatable bonds is 3. The van der Waals surface area contributed by atoms with Gasteiger partial charge in [-0.1, -0.05) is 54.6 Å². The number of carbonyl (C=O) groups excluding carboxylic acids is 1. The highest BCUT2D eigenvalue weighted by molar-refractivity contribution is 6.20. The number of ketones is 1. The van der Waals surface area contributed by atoms with E-state index in [0.717, 1.165) is 53.2 Å². The van der Waals surface area contributed by atoms with Crippen LogP contribution in [0, 0.1) is 0 Å². The van der Waals surface area contributed by atoms with Crippen molar-refractivity contribution in [2.24, 2.45) is 4.99 Å². The van der Waals surface area contributed by atoms with Gasteiger partial charge in [-0.2, -0.15) is 0 Å². The van der Waals surface area contributed by atoms with Crippen LogP contribution in [0.4, 0.5) is 11.4 Å². The van der Waals surface area contributed by atoms with Crippen molar-refractivity contribution in [3.63, 3.8) is 0 Å². The molecule has 3 aromatic carbocycles. The van der Waals surface area contributed by atoms with Crippen LogP contribution in [0.25, 0.3) is 10.8 Å². The molecule has 2 heterocycles. The highest BCUT2D eigenvalue weighted by Gasteiger charge is 2.34. The van der Waals surface area contributed by atoms with Gasteiger partial charge in [0.25, 0.3) is 0 Å². The number of para-hydroxylation sites is 2. The van der Waals surface area contributed by atoms with Crippen molar-refractivity contribution in [2.45, 2.75) is 6.42 Å². The normalized spacial score (nSPS) is 15.6. The fourth-order valence-corrected chi connectivity index (χ4v) is 3.93. The first-order valence-corrected chi connectivity index (χ1v) is 9.02. The van der Waals surface area contributed by atoms with Gasteiger partial charge in [-0.25, -0.2) is 0 Å². The average molecular weight is 341 g/mol. The third kappa shape index (κ3) is 2.30. The Bertz CT molecular complexity index is 1030. The summed E-state index contributed by atoms with van der Waals surface area (Å²) in [6.07, 6.45) is 1.04. The van der Waals surface area contributed by atoms with Gasteiger partial charge in [0.15, 0.2) is 5.78 Å². The predicted octanol–water partition coefficient (Wildman–Crippen LogP) is 4.11. The van der Waals surface area contributed by atoms with E-state index in [1.165, 1.54) is 0 Å². The zero-order valence-corrected chi connectivity index (χ0v) is 14.4. The van der Waals surface area contributed by atoms with Gasteiger partial charge in [0.2, 0.25) is 5.96 Å². The fraction of sp³-hybridized carbons (Fsp3) is 0.182. The minimum Gasteiger partial charge on any atom is -0.310 e. The van der Waals surface area contributed by atoms with Crippen molar-refractivity contribution in [3.05, 3.63) is 72.3 Å². The number of carbonyl (C=O) groups is 1. The number of hydrogen-bond acceptors (Lipinski definition) is 4. The molecule has 0 spiro atoms. The van der Waals surface area contributed by atoms with Gasteiger partial charge in [-0.3, -0.25) is 9.79 Å². The van der Waals surface area contributed by atoms with E-state index < -0.39 is 0 Å². The fourth-order valence-electron chi connectivity index (χ4n) is 3.93. The van der Waals surface area contributed by atoms with Crippen LogP contribution in [-0.4, -0.2) is 31.4 Å². The van der Waals surface area contributed by atoms with E-state index in [4.69, 9.17) is 4.99 Å². The van der Waals surface area contributed by atoms with E-state index in [2.05, 4.69) is 21.9 Å². The number of Topliss-reactive ketones (excluding diaryl/α,β-unsaturated/α-hetero) is 1. The van der Waals surface area contributed by atoms with Crippen molar-refractivity contribution < 1.29 is 4.79 Å². The molecule has 5 rings (SSSR count). The molecule has 3 aromatic rings. The molecule has 0 radical (unpaired) electrons. The van der Waals surface area contributed by atoms with Crippen molar-refractivity contribution in [1.29, 1.82) is 0 Å². The maximum Gasteiger partial charge on any atom is 0.206 e. The van der Waals surface area contributed by atoms with Crippen LogP contribution in [0.15, 0.2) is 71.7 Å². The van der Waals surface area contributed by atoms with E-state index >= 15 is 0 Å². The lowest BCUT2D eigenvalue weighted by molar-refractivity contribution is 0.100. The van der Waals surface area contributed by atoms with Crippen LogP contribution in [0.5, 0.6) is 0 Å². The van der Waals surface area contributed by atoms with Crippen LogP contribution in [0.3, 0.4) is 0 Å². The van der Waals surface area contributed by atoms with Crippen molar-refractivity contribution >= 4 is 33.9 Å². The lowest BCUT2D eigenvalue weighted by Gasteiger charge is -2.26. The smallest absolute Gasteiger partial charge is 0.206 e. The van der Waals surface area contributed by atoms with Crippen LogP contribution in [-0.2, 0) is 0 Å². The summed E-state index contributed by atoms with van der Waals surface area (Å²) in [5.74, 6) is 1.03. The lowest BCUT2D eigenvalue weighted by atomic mass is 10.0. The minimum atomic E-state index is 0.117. The first kappa shape index (κ1) is 15.1. The first-order chi connectivity index (χ1) is 12.8. The van der Waals surface area contributed by atoms with Crippen molar-refractivity contribution in [3.8, 4) is 0 Å². The molecule has 0 atom stereocenters. The molecule has 0 amide bonds. The van der Waals surface area contributed by atoms with Gasteiger partial charge in [0.1, 0.15) is 0 Å². The van der Waals surface area contributed by atoms with Crippen LogP contribution in [0.2, 0.25) is 0 Å². The molecule has 4 nitrogen and oxygen atoms in total. The van der Waals surface area contributed by atoms with E-state index in [-0.39, 0.29) is 5.78 Å². The van der Waals surface area contributed by atoms with Gasteiger partial charge < -0.3 is 9.80 Å². The van der Waals surface area contributed by atoms with Gasteiger partial charge in [-0.05, 0) is 29.3 Å². The molecule has 2 aliphatic heterocycles. The van der Waals surface area contributed by atoms with Gasteiger partial charge in [-0.15, -0.1) is 0 Å². The van der Waals surface area contributed by atoms with Crippen LogP contribution in [0.1, 0.15) is 16.8 Å². The number of anilines is 2. The third-order valence-corrected chi connectivity index (χ3v) is 5.13. The summed E-state index contributed by atoms with van der Waals surface area (Å²) < 4.78 is 0. The Labute approximate surface area is 152 Å². The molecular formula is C22H19N3O. The van der Waals surface area contributed by atoms with Crippen molar-refractivity contribution in [2.75, 3.05) is 29.4 Å². The Kier molecular flexibility index (Phi) is 3.49. The number of benzene rings is 3. The second-order valence-electron chi connectivity index (χ2n) is 6.71. The van der Waals surface area contributed by atoms with Crippen LogP contribution < -0.4 is 9.80 Å². The molecule has 0 saturated heterocycles. The molecule has 0 aromatic heterocycles. The van der Waals surface area contributed by atoms with E-state index in [0.29, 0.717) is 6.54 Å². The summed E-state index contributed by atoms with van der Waals surface area (Å²) >= 11 is 0. The quantitative estimate of drug-likeness (QED) is 0.673. The SMILES string of the molecule is O=C(CN1C2=NCCCN2c2ccccc21)c1cccc2ccccc12. The standard InChI is InChI=1S/C22H19N3O/c26-21(18-10-5-8-16-7-1-2-9-17(16)18)15-25-20-12-4-3-11-19(20)24-14-6-13-23-22(24)25/h1-5,7-12H,6,13-15H2. The summed E-state index contributed by atoms with van der Waals surface area (Å²) in [6.45, 7) is 2.08. The maximum atomic E-state index is 13.2. The third-order valence-electron chi connectivity index (χ3n) is 5.13. The summed E-state index contributed by atoms with van der Waals surface area (Å²) in [5, 5.41) is 2.10. The maximum absolute atomic E-state index is 13.2.